The van der Waals surface area contributed by atoms with Crippen molar-refractivity contribution in [3.8, 4) is 5.75 Å². The molecule has 1 rings (SSSR count). The van der Waals surface area contributed by atoms with Gasteiger partial charge in [-0.15, -0.1) is 0 Å². The van der Waals surface area contributed by atoms with E-state index >= 15 is 0 Å². The van der Waals surface area contributed by atoms with Gasteiger partial charge in [-0.3, -0.25) is 9.59 Å². The molecule has 5 nitrogen and oxygen atoms in total. The minimum absolute atomic E-state index is 0.0391. The smallest absolute Gasteiger partial charge is 0.303 e. The third-order valence-corrected chi connectivity index (χ3v) is 3.50. The van der Waals surface area contributed by atoms with E-state index < -0.39 is 11.4 Å². The quantitative estimate of drug-likeness (QED) is 0.811. The van der Waals surface area contributed by atoms with Crippen molar-refractivity contribution < 1.29 is 19.4 Å². The lowest BCUT2D eigenvalue weighted by atomic mass is 9.85. The Balaban J connectivity index is 2.76. The monoisotopic (exact) mass is 307 g/mol. The molecule has 0 aliphatic carbocycles. The number of carbonyl (C=O) groups excluding carboxylic acids is 1. The first-order valence-corrected chi connectivity index (χ1v) is 7.30. The Bertz CT molecular complexity index is 552. The van der Waals surface area contributed by atoms with E-state index in [0.29, 0.717) is 0 Å². The molecule has 0 aromatic heterocycles. The molecule has 22 heavy (non-hydrogen) atoms. The number of carboxylic acids is 1. The lowest BCUT2D eigenvalue weighted by Crippen LogP contribution is -2.32. The predicted molar refractivity (Wildman–Crippen MR) is 84.9 cm³/mol. The highest BCUT2D eigenvalue weighted by Crippen LogP contribution is 2.28. The summed E-state index contributed by atoms with van der Waals surface area (Å²) >= 11 is 0. The van der Waals surface area contributed by atoms with Crippen molar-refractivity contribution in [1.82, 2.24) is 5.32 Å². The molecule has 1 atom stereocenters. The van der Waals surface area contributed by atoms with Gasteiger partial charge in [0.15, 0.2) is 0 Å². The number of carbonyl (C=O) groups is 2. The third kappa shape index (κ3) is 5.39. The summed E-state index contributed by atoms with van der Waals surface area (Å²) in [4.78, 5) is 23.0. The number of rotatable bonds is 7. The average Bonchev–Trinajstić information content (AvgIpc) is 2.35. The molecule has 1 amide bonds. The fourth-order valence-electron chi connectivity index (χ4n) is 2.47. The van der Waals surface area contributed by atoms with Gasteiger partial charge in [-0.2, -0.15) is 0 Å². The number of hydrogen-bond donors (Lipinski definition) is 2. The van der Waals surface area contributed by atoms with E-state index in [1.54, 1.807) is 21.0 Å². The van der Waals surface area contributed by atoms with E-state index in [2.05, 4.69) is 5.32 Å². The van der Waals surface area contributed by atoms with Gasteiger partial charge in [0, 0.05) is 12.0 Å². The number of aliphatic carboxylic acids is 1. The first-order valence-electron chi connectivity index (χ1n) is 7.30. The Labute approximate surface area is 131 Å². The van der Waals surface area contributed by atoms with Gasteiger partial charge >= 0.3 is 5.97 Å². The second-order valence-corrected chi connectivity index (χ2v) is 6.45. The summed E-state index contributed by atoms with van der Waals surface area (Å²) in [6.07, 6.45) is 0.125. The highest BCUT2D eigenvalue weighted by molar-refractivity contribution is 5.78. The minimum Gasteiger partial charge on any atom is -0.496 e. The Morgan fingerprint density at radius 1 is 1.32 bits per heavy atom. The Morgan fingerprint density at radius 3 is 2.50 bits per heavy atom. The molecule has 5 heteroatoms. The number of aryl methyl sites for hydroxylation is 1. The van der Waals surface area contributed by atoms with Gasteiger partial charge in [-0.25, -0.2) is 0 Å². The second kappa shape index (κ2) is 7.29. The summed E-state index contributed by atoms with van der Waals surface area (Å²) in [5.41, 5.74) is 1.42. The van der Waals surface area contributed by atoms with Crippen molar-refractivity contribution in [2.75, 3.05) is 7.11 Å². The van der Waals surface area contributed by atoms with Crippen molar-refractivity contribution in [2.24, 2.45) is 5.41 Å². The molecule has 0 bridgehead atoms. The average molecular weight is 307 g/mol. The third-order valence-electron chi connectivity index (χ3n) is 3.50. The van der Waals surface area contributed by atoms with Crippen LogP contribution in [0.25, 0.3) is 0 Å². The maximum atomic E-state index is 12.2. The summed E-state index contributed by atoms with van der Waals surface area (Å²) in [6, 6.07) is 5.60. The van der Waals surface area contributed by atoms with Crippen LogP contribution in [0.15, 0.2) is 18.2 Å². The molecule has 122 valence electrons. The summed E-state index contributed by atoms with van der Waals surface area (Å²) in [5, 5.41) is 11.8. The van der Waals surface area contributed by atoms with Crippen molar-refractivity contribution in [2.45, 2.75) is 46.6 Å². The molecule has 0 heterocycles. The minimum atomic E-state index is -0.897. The van der Waals surface area contributed by atoms with E-state index in [-0.39, 0.29) is 24.8 Å². The number of carboxylic acid groups (broad SMARTS) is 1. The molecular weight excluding hydrogens is 282 g/mol. The number of methoxy groups -OCH3 is 1. The Hall–Kier alpha value is -2.04. The first kappa shape index (κ1) is 18.0. The molecule has 0 aliphatic heterocycles. The number of hydrogen-bond acceptors (Lipinski definition) is 3. The summed E-state index contributed by atoms with van der Waals surface area (Å²) < 4.78 is 5.33. The zero-order valence-corrected chi connectivity index (χ0v) is 13.9. The lowest BCUT2D eigenvalue weighted by molar-refractivity contribution is -0.139. The van der Waals surface area contributed by atoms with E-state index in [9.17, 15) is 9.59 Å². The molecule has 0 aliphatic rings. The predicted octanol–water partition coefficient (Wildman–Crippen LogP) is 3.07. The highest BCUT2D eigenvalue weighted by atomic mass is 16.5. The van der Waals surface area contributed by atoms with Crippen LogP contribution in [0.2, 0.25) is 0 Å². The topological polar surface area (TPSA) is 75.6 Å². The SMILES string of the molecule is COc1ccc(C)cc1C(C)NC(=O)CC(C)(C)CC(=O)O. The molecule has 0 radical (unpaired) electrons. The van der Waals surface area contributed by atoms with Gasteiger partial charge in [0.05, 0.1) is 19.6 Å². The summed E-state index contributed by atoms with van der Waals surface area (Å²) in [6.45, 7) is 7.42. The van der Waals surface area contributed by atoms with Crippen molar-refractivity contribution in [1.29, 1.82) is 0 Å². The van der Waals surface area contributed by atoms with Gasteiger partial charge in [0.25, 0.3) is 0 Å². The van der Waals surface area contributed by atoms with Gasteiger partial charge in [-0.05, 0) is 25.3 Å². The molecule has 0 spiro atoms. The van der Waals surface area contributed by atoms with Crippen LogP contribution in [0.5, 0.6) is 5.75 Å². The molecule has 0 fully saturated rings. The van der Waals surface area contributed by atoms with Crippen LogP contribution in [0.3, 0.4) is 0 Å². The number of nitrogens with one attached hydrogen (secondary N) is 1. The summed E-state index contributed by atoms with van der Waals surface area (Å²) in [5.74, 6) is -0.336. The number of amides is 1. The molecule has 1 aromatic carbocycles. The van der Waals surface area contributed by atoms with E-state index in [4.69, 9.17) is 9.84 Å². The standard InChI is InChI=1S/C17H25NO4/c1-11-6-7-14(22-5)13(8-11)12(2)18-15(19)9-17(3,4)10-16(20)21/h6-8,12H,9-10H2,1-5H3,(H,18,19)(H,20,21). The number of ether oxygens (including phenoxy) is 1. The highest BCUT2D eigenvalue weighted by Gasteiger charge is 2.26. The number of benzene rings is 1. The maximum Gasteiger partial charge on any atom is 0.303 e. The molecule has 0 saturated carbocycles. The van der Waals surface area contributed by atoms with Crippen LogP contribution in [-0.4, -0.2) is 24.1 Å². The largest absolute Gasteiger partial charge is 0.496 e. The molecule has 1 unspecified atom stereocenters. The van der Waals surface area contributed by atoms with Crippen molar-refractivity contribution in [3.05, 3.63) is 29.3 Å². The molecule has 1 aromatic rings. The zero-order valence-electron chi connectivity index (χ0n) is 13.9. The van der Waals surface area contributed by atoms with Crippen LogP contribution < -0.4 is 10.1 Å². The zero-order chi connectivity index (χ0) is 16.9. The van der Waals surface area contributed by atoms with Gasteiger partial charge in [-0.1, -0.05) is 31.5 Å². The van der Waals surface area contributed by atoms with Crippen molar-refractivity contribution >= 4 is 11.9 Å². The second-order valence-electron chi connectivity index (χ2n) is 6.45. The van der Waals surface area contributed by atoms with E-state index in [0.717, 1.165) is 16.9 Å². The Kier molecular flexibility index (Phi) is 5.97. The van der Waals surface area contributed by atoms with Crippen LogP contribution in [0, 0.1) is 12.3 Å². The normalized spacial score (nSPS) is 12.6. The van der Waals surface area contributed by atoms with Crippen LogP contribution in [0.4, 0.5) is 0 Å². The molecular formula is C17H25NO4. The lowest BCUT2D eigenvalue weighted by Gasteiger charge is -2.24. The van der Waals surface area contributed by atoms with Crippen LogP contribution in [0.1, 0.15) is 50.8 Å². The van der Waals surface area contributed by atoms with Gasteiger partial charge < -0.3 is 15.2 Å². The fraction of sp³-hybridized carbons (Fsp3) is 0.529. The van der Waals surface area contributed by atoms with Crippen LogP contribution >= 0.6 is 0 Å². The maximum absolute atomic E-state index is 12.2. The fourth-order valence-corrected chi connectivity index (χ4v) is 2.47. The van der Waals surface area contributed by atoms with Gasteiger partial charge in [0.1, 0.15) is 5.75 Å². The van der Waals surface area contributed by atoms with Crippen molar-refractivity contribution in [3.63, 3.8) is 0 Å². The van der Waals surface area contributed by atoms with E-state index in [1.807, 2.05) is 32.0 Å². The Morgan fingerprint density at radius 2 is 1.95 bits per heavy atom. The molecule has 2 N–H and O–H groups in total. The molecule has 0 saturated heterocycles. The van der Waals surface area contributed by atoms with Crippen LogP contribution in [-0.2, 0) is 9.59 Å². The first-order chi connectivity index (χ1) is 10.1. The van der Waals surface area contributed by atoms with Gasteiger partial charge in [0.2, 0.25) is 5.91 Å². The summed E-state index contributed by atoms with van der Waals surface area (Å²) in [7, 11) is 1.60. The van der Waals surface area contributed by atoms with E-state index in [1.165, 1.54) is 0 Å².